The lowest BCUT2D eigenvalue weighted by Crippen LogP contribution is -2.44. The molecule has 0 N–H and O–H groups in total. The number of morpholine rings is 1. The molecule has 1 heterocycles. The predicted molar refractivity (Wildman–Crippen MR) is 78.2 cm³/mol. The van der Waals surface area contributed by atoms with Gasteiger partial charge in [-0.15, -0.1) is 0 Å². The number of rotatable bonds is 5. The Kier molecular flexibility index (Phi) is 4.96. The number of ether oxygens (including phenoxy) is 2. The molecule has 0 amide bonds. The lowest BCUT2D eigenvalue weighted by atomic mass is 9.79. The van der Waals surface area contributed by atoms with Gasteiger partial charge in [0.15, 0.2) is 5.78 Å². The molecular weight excluding hydrogens is 273 g/mol. The molecule has 0 spiro atoms. The van der Waals surface area contributed by atoms with Gasteiger partial charge in [0, 0.05) is 18.7 Å². The SMILES string of the molecule is COc1ccc(F)cc1C(C)(C)C(=O)CN1CCOCC1. The minimum atomic E-state index is -0.800. The van der Waals surface area contributed by atoms with Crippen LogP contribution in [0.3, 0.4) is 0 Å². The Labute approximate surface area is 124 Å². The van der Waals surface area contributed by atoms with Crippen LogP contribution in [-0.4, -0.2) is 50.6 Å². The molecule has 1 aliphatic heterocycles. The number of ketones is 1. The Morgan fingerprint density at radius 1 is 1.38 bits per heavy atom. The van der Waals surface area contributed by atoms with Crippen LogP contribution in [0.25, 0.3) is 0 Å². The van der Waals surface area contributed by atoms with Crippen molar-refractivity contribution in [3.8, 4) is 5.75 Å². The van der Waals surface area contributed by atoms with Gasteiger partial charge in [-0.1, -0.05) is 0 Å². The first-order chi connectivity index (χ1) is 9.95. The van der Waals surface area contributed by atoms with Gasteiger partial charge in [-0.2, -0.15) is 0 Å². The molecule has 1 aliphatic rings. The average molecular weight is 295 g/mol. The van der Waals surface area contributed by atoms with E-state index in [1.807, 2.05) is 13.8 Å². The van der Waals surface area contributed by atoms with E-state index in [-0.39, 0.29) is 11.6 Å². The van der Waals surface area contributed by atoms with Crippen LogP contribution in [0.4, 0.5) is 4.39 Å². The first kappa shape index (κ1) is 15.9. The molecular formula is C16H22FNO3. The number of Topliss-reactive ketones (excluding diaryl/α,β-unsaturated/α-hetero) is 1. The quantitative estimate of drug-likeness (QED) is 0.833. The second-order valence-electron chi connectivity index (χ2n) is 5.78. The molecule has 0 bridgehead atoms. The van der Waals surface area contributed by atoms with Crippen LogP contribution >= 0.6 is 0 Å². The first-order valence-corrected chi connectivity index (χ1v) is 7.12. The van der Waals surface area contributed by atoms with Gasteiger partial charge in [-0.05, 0) is 32.0 Å². The number of carbonyl (C=O) groups excluding carboxylic acids is 1. The number of benzene rings is 1. The summed E-state index contributed by atoms with van der Waals surface area (Å²) in [7, 11) is 1.53. The molecule has 0 saturated carbocycles. The van der Waals surface area contributed by atoms with E-state index in [9.17, 15) is 9.18 Å². The van der Waals surface area contributed by atoms with Crippen LogP contribution in [0.2, 0.25) is 0 Å². The predicted octanol–water partition coefficient (Wildman–Crippen LogP) is 2.01. The van der Waals surface area contributed by atoms with Gasteiger partial charge >= 0.3 is 0 Å². The van der Waals surface area contributed by atoms with Crippen molar-refractivity contribution >= 4 is 5.78 Å². The maximum atomic E-state index is 13.5. The molecule has 1 aromatic carbocycles. The van der Waals surface area contributed by atoms with E-state index in [4.69, 9.17) is 9.47 Å². The Morgan fingerprint density at radius 2 is 2.05 bits per heavy atom. The summed E-state index contributed by atoms with van der Waals surface area (Å²) in [6.07, 6.45) is 0. The lowest BCUT2D eigenvalue weighted by molar-refractivity contribution is -0.125. The summed E-state index contributed by atoms with van der Waals surface area (Å²) in [6.45, 7) is 6.77. The summed E-state index contributed by atoms with van der Waals surface area (Å²) in [6, 6.07) is 4.29. The molecule has 0 atom stereocenters. The average Bonchev–Trinajstić information content (AvgIpc) is 2.48. The van der Waals surface area contributed by atoms with Crippen LogP contribution in [0, 0.1) is 5.82 Å². The molecule has 116 valence electrons. The summed E-state index contributed by atoms with van der Waals surface area (Å²) in [4.78, 5) is 14.7. The molecule has 1 saturated heterocycles. The van der Waals surface area contributed by atoms with Crippen molar-refractivity contribution in [2.45, 2.75) is 19.3 Å². The number of nitrogens with zero attached hydrogens (tertiary/aromatic N) is 1. The highest BCUT2D eigenvalue weighted by Crippen LogP contribution is 2.33. The monoisotopic (exact) mass is 295 g/mol. The van der Waals surface area contributed by atoms with Crippen LogP contribution < -0.4 is 4.74 Å². The molecule has 0 aromatic heterocycles. The highest BCUT2D eigenvalue weighted by molar-refractivity contribution is 5.91. The van der Waals surface area contributed by atoms with Crippen LogP contribution in [-0.2, 0) is 14.9 Å². The summed E-state index contributed by atoms with van der Waals surface area (Å²) < 4.78 is 24.1. The number of hydrogen-bond acceptors (Lipinski definition) is 4. The van der Waals surface area contributed by atoms with Crippen molar-refractivity contribution in [3.05, 3.63) is 29.6 Å². The Balaban J connectivity index is 2.19. The number of halogens is 1. The van der Waals surface area contributed by atoms with Crippen molar-refractivity contribution in [1.82, 2.24) is 4.90 Å². The Morgan fingerprint density at radius 3 is 2.67 bits per heavy atom. The maximum absolute atomic E-state index is 13.5. The molecule has 0 unspecified atom stereocenters. The molecule has 0 radical (unpaired) electrons. The van der Waals surface area contributed by atoms with E-state index >= 15 is 0 Å². The minimum Gasteiger partial charge on any atom is -0.496 e. The van der Waals surface area contributed by atoms with Crippen molar-refractivity contribution in [1.29, 1.82) is 0 Å². The third-order valence-corrected chi connectivity index (χ3v) is 4.00. The van der Waals surface area contributed by atoms with Crippen molar-refractivity contribution in [2.75, 3.05) is 40.0 Å². The van der Waals surface area contributed by atoms with Crippen molar-refractivity contribution in [3.63, 3.8) is 0 Å². The van der Waals surface area contributed by atoms with Crippen LogP contribution in [0.1, 0.15) is 19.4 Å². The minimum absolute atomic E-state index is 0.0494. The van der Waals surface area contributed by atoms with Gasteiger partial charge < -0.3 is 9.47 Å². The van der Waals surface area contributed by atoms with E-state index in [0.717, 1.165) is 13.1 Å². The summed E-state index contributed by atoms with van der Waals surface area (Å²) in [5.74, 6) is 0.225. The number of methoxy groups -OCH3 is 1. The summed E-state index contributed by atoms with van der Waals surface area (Å²) in [5, 5.41) is 0. The molecule has 5 heteroatoms. The van der Waals surface area contributed by atoms with Crippen LogP contribution in [0.15, 0.2) is 18.2 Å². The molecule has 4 nitrogen and oxygen atoms in total. The smallest absolute Gasteiger partial charge is 0.156 e. The Bertz CT molecular complexity index is 510. The number of carbonyl (C=O) groups is 1. The summed E-state index contributed by atoms with van der Waals surface area (Å²) in [5.41, 5.74) is -0.214. The fourth-order valence-electron chi connectivity index (χ4n) is 2.48. The largest absolute Gasteiger partial charge is 0.496 e. The van der Waals surface area contributed by atoms with Crippen molar-refractivity contribution < 1.29 is 18.7 Å². The molecule has 1 aromatic rings. The van der Waals surface area contributed by atoms with E-state index in [2.05, 4.69) is 4.90 Å². The van der Waals surface area contributed by atoms with Crippen LogP contribution in [0.5, 0.6) is 5.75 Å². The second-order valence-corrected chi connectivity index (χ2v) is 5.78. The first-order valence-electron chi connectivity index (χ1n) is 7.12. The lowest BCUT2D eigenvalue weighted by Gasteiger charge is -2.31. The van der Waals surface area contributed by atoms with E-state index in [0.29, 0.717) is 31.1 Å². The highest BCUT2D eigenvalue weighted by Gasteiger charge is 2.34. The van der Waals surface area contributed by atoms with E-state index in [1.165, 1.54) is 19.2 Å². The number of hydrogen-bond donors (Lipinski definition) is 0. The van der Waals surface area contributed by atoms with Gasteiger partial charge in [0.05, 0.1) is 32.3 Å². The third kappa shape index (κ3) is 3.60. The fraction of sp³-hybridized carbons (Fsp3) is 0.562. The zero-order valence-electron chi connectivity index (χ0n) is 12.8. The van der Waals surface area contributed by atoms with E-state index in [1.54, 1.807) is 6.07 Å². The topological polar surface area (TPSA) is 38.8 Å². The summed E-state index contributed by atoms with van der Waals surface area (Å²) >= 11 is 0. The molecule has 2 rings (SSSR count). The van der Waals surface area contributed by atoms with Gasteiger partial charge in [-0.3, -0.25) is 9.69 Å². The second kappa shape index (κ2) is 6.54. The van der Waals surface area contributed by atoms with Gasteiger partial charge in [0.25, 0.3) is 0 Å². The zero-order chi connectivity index (χ0) is 15.5. The maximum Gasteiger partial charge on any atom is 0.156 e. The molecule has 0 aliphatic carbocycles. The zero-order valence-corrected chi connectivity index (χ0v) is 12.8. The molecule has 21 heavy (non-hydrogen) atoms. The third-order valence-electron chi connectivity index (χ3n) is 4.00. The van der Waals surface area contributed by atoms with Gasteiger partial charge in [-0.25, -0.2) is 4.39 Å². The standard InChI is InChI=1S/C16H22FNO3/c1-16(2,13-10-12(17)4-5-14(13)20-3)15(19)11-18-6-8-21-9-7-18/h4-5,10H,6-9,11H2,1-3H3. The highest BCUT2D eigenvalue weighted by atomic mass is 19.1. The van der Waals surface area contributed by atoms with Gasteiger partial charge in [0.2, 0.25) is 0 Å². The van der Waals surface area contributed by atoms with E-state index < -0.39 is 5.41 Å². The normalized spacial score (nSPS) is 16.8. The van der Waals surface area contributed by atoms with Gasteiger partial charge in [0.1, 0.15) is 11.6 Å². The Hall–Kier alpha value is -1.46. The fourth-order valence-corrected chi connectivity index (χ4v) is 2.48. The molecule has 1 fully saturated rings. The van der Waals surface area contributed by atoms with Crippen molar-refractivity contribution in [2.24, 2.45) is 0 Å².